The molecule has 0 amide bonds. The molecule has 23 heavy (non-hydrogen) atoms. The molecule has 0 N–H and O–H groups in total. The van der Waals surface area contributed by atoms with Crippen LogP contribution >= 0.6 is 0 Å². The van der Waals surface area contributed by atoms with Gasteiger partial charge in [0.2, 0.25) is 0 Å². The highest BCUT2D eigenvalue weighted by Gasteiger charge is 2.25. The molecule has 3 rings (SSSR count). The van der Waals surface area contributed by atoms with Crippen LogP contribution in [0.4, 0.5) is 5.69 Å². The van der Waals surface area contributed by atoms with Gasteiger partial charge in [-0.2, -0.15) is 0 Å². The Kier molecular flexibility index (Phi) is 4.21. The molecule has 7 heteroatoms. The highest BCUT2D eigenvalue weighted by molar-refractivity contribution is 7.90. The van der Waals surface area contributed by atoms with Crippen molar-refractivity contribution in [2.75, 3.05) is 24.2 Å². The average Bonchev–Trinajstić information content (AvgIpc) is 2.97. The Morgan fingerprint density at radius 3 is 2.43 bits per heavy atom. The van der Waals surface area contributed by atoms with Crippen LogP contribution < -0.4 is 9.64 Å². The van der Waals surface area contributed by atoms with Gasteiger partial charge in [-0.3, -0.25) is 0 Å². The van der Waals surface area contributed by atoms with Crippen LogP contribution in [-0.4, -0.2) is 43.8 Å². The summed E-state index contributed by atoms with van der Waals surface area (Å²) >= 11 is 0. The number of aromatic nitrogens is 2. The molecule has 1 fully saturated rings. The summed E-state index contributed by atoms with van der Waals surface area (Å²) in [6.07, 6.45) is 5.60. The minimum absolute atomic E-state index is 0.0345. The lowest BCUT2D eigenvalue weighted by atomic mass is 10.3. The summed E-state index contributed by atoms with van der Waals surface area (Å²) in [6, 6.07) is 7.35. The standard InChI is InChI=1S/C16H19N3O3S/c1-12-9-17-16(18-10-12)22-14-7-8-19(11-14)13-3-5-15(6-4-13)23(2,20)21/h3-6,9-10,14H,7-8,11H2,1-2H3. The van der Waals surface area contributed by atoms with Crippen LogP contribution in [0.5, 0.6) is 6.01 Å². The van der Waals surface area contributed by atoms with Crippen LogP contribution in [0.3, 0.4) is 0 Å². The Bertz CT molecular complexity index is 773. The van der Waals surface area contributed by atoms with Crippen molar-refractivity contribution in [3.8, 4) is 6.01 Å². The van der Waals surface area contributed by atoms with Crippen molar-refractivity contribution in [1.82, 2.24) is 9.97 Å². The van der Waals surface area contributed by atoms with E-state index in [4.69, 9.17) is 4.74 Å². The highest BCUT2D eigenvalue weighted by Crippen LogP contribution is 2.23. The third kappa shape index (κ3) is 3.79. The number of nitrogens with zero attached hydrogens (tertiary/aromatic N) is 3. The summed E-state index contributed by atoms with van der Waals surface area (Å²) in [6.45, 7) is 3.52. The second-order valence-electron chi connectivity index (χ2n) is 5.78. The summed E-state index contributed by atoms with van der Waals surface area (Å²) in [7, 11) is -3.16. The minimum Gasteiger partial charge on any atom is -0.458 e. The van der Waals surface area contributed by atoms with Gasteiger partial charge in [-0.05, 0) is 36.8 Å². The molecule has 0 spiro atoms. The quantitative estimate of drug-likeness (QED) is 0.850. The fourth-order valence-corrected chi connectivity index (χ4v) is 3.18. The number of anilines is 1. The first-order valence-electron chi connectivity index (χ1n) is 7.42. The van der Waals surface area contributed by atoms with Gasteiger partial charge in [0.25, 0.3) is 0 Å². The number of benzene rings is 1. The lowest BCUT2D eigenvalue weighted by Crippen LogP contribution is -2.25. The fraction of sp³-hybridized carbons (Fsp3) is 0.375. The third-order valence-corrected chi connectivity index (χ3v) is 4.93. The molecule has 1 aliphatic heterocycles. The van der Waals surface area contributed by atoms with Gasteiger partial charge in [-0.15, -0.1) is 0 Å². The lowest BCUT2D eigenvalue weighted by Gasteiger charge is -2.19. The molecule has 2 heterocycles. The molecule has 1 unspecified atom stereocenters. The number of aryl methyl sites for hydroxylation is 1. The smallest absolute Gasteiger partial charge is 0.316 e. The molecule has 0 bridgehead atoms. The molecule has 0 aliphatic carbocycles. The second-order valence-corrected chi connectivity index (χ2v) is 7.80. The number of ether oxygens (including phenoxy) is 1. The maximum atomic E-state index is 11.5. The topological polar surface area (TPSA) is 72.4 Å². The zero-order valence-corrected chi connectivity index (χ0v) is 14.0. The number of hydrogen-bond donors (Lipinski definition) is 0. The molecule has 1 atom stereocenters. The summed E-state index contributed by atoms with van der Waals surface area (Å²) in [5.74, 6) is 0. The van der Waals surface area contributed by atoms with Gasteiger partial charge in [0.15, 0.2) is 9.84 Å². The molecule has 1 aliphatic rings. The van der Waals surface area contributed by atoms with Gasteiger partial charge in [-0.1, -0.05) is 0 Å². The van der Waals surface area contributed by atoms with Crippen molar-refractivity contribution in [1.29, 1.82) is 0 Å². The van der Waals surface area contributed by atoms with E-state index in [9.17, 15) is 8.42 Å². The lowest BCUT2D eigenvalue weighted by molar-refractivity contribution is 0.206. The number of rotatable bonds is 4. The molecular weight excluding hydrogens is 314 g/mol. The molecule has 1 aromatic heterocycles. The van der Waals surface area contributed by atoms with Crippen LogP contribution in [0.15, 0.2) is 41.6 Å². The Labute approximate surface area is 136 Å². The van der Waals surface area contributed by atoms with E-state index in [0.717, 1.165) is 30.8 Å². The third-order valence-electron chi connectivity index (χ3n) is 3.80. The zero-order valence-electron chi connectivity index (χ0n) is 13.1. The van der Waals surface area contributed by atoms with E-state index in [1.54, 1.807) is 24.5 Å². The maximum Gasteiger partial charge on any atom is 0.316 e. The Balaban J connectivity index is 1.64. The van der Waals surface area contributed by atoms with Crippen molar-refractivity contribution in [2.24, 2.45) is 0 Å². The van der Waals surface area contributed by atoms with E-state index in [0.29, 0.717) is 10.9 Å². The van der Waals surface area contributed by atoms with Gasteiger partial charge in [0.05, 0.1) is 11.4 Å². The van der Waals surface area contributed by atoms with E-state index in [1.807, 2.05) is 19.1 Å². The van der Waals surface area contributed by atoms with Crippen LogP contribution in [0.1, 0.15) is 12.0 Å². The van der Waals surface area contributed by atoms with Crippen LogP contribution in [0, 0.1) is 6.92 Å². The SMILES string of the molecule is Cc1cnc(OC2CCN(c3ccc(S(C)(=O)=O)cc3)C2)nc1. The van der Waals surface area contributed by atoms with Crippen molar-refractivity contribution in [3.63, 3.8) is 0 Å². The van der Waals surface area contributed by atoms with E-state index < -0.39 is 9.84 Å². The molecule has 1 saturated heterocycles. The molecule has 2 aromatic rings. The van der Waals surface area contributed by atoms with Crippen LogP contribution in [0.25, 0.3) is 0 Å². The Morgan fingerprint density at radius 1 is 1.17 bits per heavy atom. The minimum atomic E-state index is -3.16. The molecule has 0 saturated carbocycles. The second kappa shape index (κ2) is 6.16. The van der Waals surface area contributed by atoms with Crippen molar-refractivity contribution in [2.45, 2.75) is 24.3 Å². The van der Waals surface area contributed by atoms with Crippen LogP contribution in [0.2, 0.25) is 0 Å². The first-order chi connectivity index (χ1) is 10.9. The average molecular weight is 333 g/mol. The Morgan fingerprint density at radius 2 is 1.83 bits per heavy atom. The normalized spacial score (nSPS) is 18.2. The number of hydrogen-bond acceptors (Lipinski definition) is 6. The molecule has 6 nitrogen and oxygen atoms in total. The largest absolute Gasteiger partial charge is 0.458 e. The van der Waals surface area contributed by atoms with Gasteiger partial charge in [0, 0.05) is 37.3 Å². The predicted octanol–water partition coefficient (Wildman–Crippen LogP) is 1.85. The van der Waals surface area contributed by atoms with Gasteiger partial charge < -0.3 is 9.64 Å². The molecule has 122 valence electrons. The van der Waals surface area contributed by atoms with Crippen molar-refractivity contribution in [3.05, 3.63) is 42.2 Å². The van der Waals surface area contributed by atoms with Gasteiger partial charge in [0.1, 0.15) is 6.10 Å². The van der Waals surface area contributed by atoms with Crippen LogP contribution in [-0.2, 0) is 9.84 Å². The predicted molar refractivity (Wildman–Crippen MR) is 87.6 cm³/mol. The van der Waals surface area contributed by atoms with Crippen molar-refractivity contribution >= 4 is 15.5 Å². The highest BCUT2D eigenvalue weighted by atomic mass is 32.2. The number of sulfone groups is 1. The fourth-order valence-electron chi connectivity index (χ4n) is 2.55. The van der Waals surface area contributed by atoms with Gasteiger partial charge in [-0.25, -0.2) is 18.4 Å². The summed E-state index contributed by atoms with van der Waals surface area (Å²) in [4.78, 5) is 10.8. The van der Waals surface area contributed by atoms with E-state index in [2.05, 4.69) is 14.9 Å². The van der Waals surface area contributed by atoms with Crippen molar-refractivity contribution < 1.29 is 13.2 Å². The summed E-state index contributed by atoms with van der Waals surface area (Å²) in [5, 5.41) is 0. The van der Waals surface area contributed by atoms with E-state index in [-0.39, 0.29) is 6.10 Å². The first-order valence-corrected chi connectivity index (χ1v) is 9.31. The summed E-state index contributed by atoms with van der Waals surface area (Å²) in [5.41, 5.74) is 1.99. The monoisotopic (exact) mass is 333 g/mol. The Hall–Kier alpha value is -2.15. The van der Waals surface area contributed by atoms with Gasteiger partial charge >= 0.3 is 6.01 Å². The zero-order chi connectivity index (χ0) is 16.4. The molecular formula is C16H19N3O3S. The maximum absolute atomic E-state index is 11.5. The van der Waals surface area contributed by atoms with E-state index >= 15 is 0 Å². The molecule has 0 radical (unpaired) electrons. The molecule has 1 aromatic carbocycles. The first kappa shape index (κ1) is 15.7. The summed E-state index contributed by atoms with van der Waals surface area (Å²) < 4.78 is 28.8. The van der Waals surface area contributed by atoms with E-state index in [1.165, 1.54) is 6.26 Å².